The van der Waals surface area contributed by atoms with Gasteiger partial charge in [-0.1, -0.05) is 24.6 Å². The molecule has 5 unspecified atom stereocenters. The molecule has 2 aliphatic carbocycles. The summed E-state index contributed by atoms with van der Waals surface area (Å²) in [6.07, 6.45) is 0.287. The van der Waals surface area contributed by atoms with Crippen LogP contribution < -0.4 is 10.6 Å². The monoisotopic (exact) mass is 487 g/mol. The SMILES string of the molecule is CC1C=Cc2nc(-c3c(Cl)nc(NCC(F)F)nc3NC3CC(CO)C(O)C3O)sc2C1. The topological polar surface area (TPSA) is 123 Å². The fraction of sp³-hybridized carbons (Fsp3) is 0.550. The Kier molecular flexibility index (Phi) is 6.91. The van der Waals surface area contributed by atoms with Crippen LogP contribution in [0, 0.1) is 11.8 Å². The first-order valence-corrected chi connectivity index (χ1v) is 11.5. The van der Waals surface area contributed by atoms with Gasteiger partial charge in [-0.2, -0.15) is 4.98 Å². The molecular formula is C20H24ClF2N5O3S. The van der Waals surface area contributed by atoms with Gasteiger partial charge < -0.3 is 26.0 Å². The fourth-order valence-electron chi connectivity index (χ4n) is 3.96. The van der Waals surface area contributed by atoms with Crippen LogP contribution in [0.2, 0.25) is 5.15 Å². The fourth-order valence-corrected chi connectivity index (χ4v) is 5.51. The van der Waals surface area contributed by atoms with E-state index in [1.54, 1.807) is 0 Å². The van der Waals surface area contributed by atoms with E-state index >= 15 is 0 Å². The maximum atomic E-state index is 12.7. The molecular weight excluding hydrogens is 464 g/mol. The molecule has 0 aliphatic heterocycles. The molecule has 1 fully saturated rings. The van der Waals surface area contributed by atoms with E-state index in [4.69, 9.17) is 11.6 Å². The van der Waals surface area contributed by atoms with Crippen LogP contribution in [0.4, 0.5) is 20.5 Å². The normalized spacial score (nSPS) is 27.1. The smallest absolute Gasteiger partial charge is 0.255 e. The molecule has 32 heavy (non-hydrogen) atoms. The number of rotatable bonds is 7. The molecule has 0 bridgehead atoms. The first kappa shape index (κ1) is 23.2. The molecule has 5 atom stereocenters. The lowest BCUT2D eigenvalue weighted by molar-refractivity contribution is 0.00446. The summed E-state index contributed by atoms with van der Waals surface area (Å²) in [5.74, 6) is -0.00655. The minimum absolute atomic E-state index is 0.0223. The van der Waals surface area contributed by atoms with Crippen LogP contribution in [0.25, 0.3) is 16.6 Å². The third-order valence-corrected chi connectivity index (χ3v) is 7.05. The van der Waals surface area contributed by atoms with Crippen LogP contribution in [0.1, 0.15) is 23.9 Å². The van der Waals surface area contributed by atoms with Gasteiger partial charge >= 0.3 is 0 Å². The Hall–Kier alpha value is -1.92. The number of aliphatic hydroxyl groups is 3. The van der Waals surface area contributed by atoms with Gasteiger partial charge in [-0.25, -0.2) is 18.7 Å². The van der Waals surface area contributed by atoms with Crippen LogP contribution in [0.3, 0.4) is 0 Å². The number of thiazole rings is 1. The minimum Gasteiger partial charge on any atom is -0.396 e. The van der Waals surface area contributed by atoms with Crippen LogP contribution in [0.15, 0.2) is 6.08 Å². The summed E-state index contributed by atoms with van der Waals surface area (Å²) in [6, 6.07) is -0.635. The van der Waals surface area contributed by atoms with E-state index in [2.05, 4.69) is 38.6 Å². The van der Waals surface area contributed by atoms with Crippen molar-refractivity contribution in [3.8, 4) is 10.6 Å². The summed E-state index contributed by atoms with van der Waals surface area (Å²) in [6.45, 7) is 1.18. The van der Waals surface area contributed by atoms with E-state index in [1.807, 2.05) is 6.08 Å². The van der Waals surface area contributed by atoms with Gasteiger partial charge in [-0.3, -0.25) is 0 Å². The Morgan fingerprint density at radius 3 is 2.72 bits per heavy atom. The lowest BCUT2D eigenvalue weighted by Crippen LogP contribution is -2.35. The van der Waals surface area contributed by atoms with Gasteiger partial charge in [0.15, 0.2) is 0 Å². The number of anilines is 2. The maximum absolute atomic E-state index is 12.7. The number of fused-ring (bicyclic) bond motifs is 1. The molecule has 0 aromatic carbocycles. The van der Waals surface area contributed by atoms with E-state index in [1.165, 1.54) is 11.3 Å². The van der Waals surface area contributed by atoms with Crippen molar-refractivity contribution in [1.29, 1.82) is 0 Å². The second kappa shape index (κ2) is 9.52. The number of aromatic nitrogens is 3. The number of allylic oxidation sites excluding steroid dienone is 1. The van der Waals surface area contributed by atoms with Crippen LogP contribution in [0.5, 0.6) is 0 Å². The first-order valence-electron chi connectivity index (χ1n) is 10.3. The van der Waals surface area contributed by atoms with E-state index in [-0.39, 0.29) is 29.9 Å². The number of alkyl halides is 2. The van der Waals surface area contributed by atoms with Crippen molar-refractivity contribution in [3.63, 3.8) is 0 Å². The molecule has 12 heteroatoms. The molecule has 0 amide bonds. The van der Waals surface area contributed by atoms with E-state index in [0.717, 1.165) is 17.0 Å². The van der Waals surface area contributed by atoms with Crippen molar-refractivity contribution >= 4 is 40.8 Å². The first-order chi connectivity index (χ1) is 15.3. The zero-order valence-corrected chi connectivity index (χ0v) is 18.7. The Balaban J connectivity index is 1.71. The number of nitrogens with one attached hydrogen (secondary N) is 2. The van der Waals surface area contributed by atoms with Crippen LogP contribution >= 0.6 is 22.9 Å². The van der Waals surface area contributed by atoms with Crippen molar-refractivity contribution in [2.24, 2.45) is 11.8 Å². The van der Waals surface area contributed by atoms with Crippen molar-refractivity contribution in [3.05, 3.63) is 21.8 Å². The Bertz CT molecular complexity index is 1010. The molecule has 8 nitrogen and oxygen atoms in total. The average molecular weight is 488 g/mol. The number of aliphatic hydroxyl groups excluding tert-OH is 3. The summed E-state index contributed by atoms with van der Waals surface area (Å²) in [7, 11) is 0. The standard InChI is InChI=1S/C20H24ClF2N5O3S/c1-8-2-3-10-12(4-8)32-19(26-10)14-17(21)27-20(24-6-13(22)23)28-18(14)25-11-5-9(7-29)15(30)16(11)31/h2-3,8-9,11,13,15-16,29-31H,4-7H2,1H3,(H2,24,25,27,28). The lowest BCUT2D eigenvalue weighted by Gasteiger charge is -2.21. The van der Waals surface area contributed by atoms with Gasteiger partial charge in [0.25, 0.3) is 6.43 Å². The highest BCUT2D eigenvalue weighted by atomic mass is 35.5. The summed E-state index contributed by atoms with van der Waals surface area (Å²) in [5.41, 5.74) is 1.23. The largest absolute Gasteiger partial charge is 0.396 e. The zero-order valence-electron chi connectivity index (χ0n) is 17.2. The predicted molar refractivity (Wildman–Crippen MR) is 119 cm³/mol. The van der Waals surface area contributed by atoms with Crippen LogP contribution in [-0.4, -0.2) is 68.1 Å². The molecule has 1 saturated carbocycles. The second-order valence-electron chi connectivity index (χ2n) is 8.11. The summed E-state index contributed by atoms with van der Waals surface area (Å²) >= 11 is 7.91. The van der Waals surface area contributed by atoms with E-state index in [0.29, 0.717) is 16.5 Å². The average Bonchev–Trinajstić information content (AvgIpc) is 3.27. The molecule has 0 saturated heterocycles. The molecule has 174 valence electrons. The third-order valence-electron chi connectivity index (χ3n) is 5.67. The van der Waals surface area contributed by atoms with Gasteiger partial charge in [0.1, 0.15) is 22.1 Å². The molecule has 2 aromatic rings. The van der Waals surface area contributed by atoms with Crippen molar-refractivity contribution in [1.82, 2.24) is 15.0 Å². The maximum Gasteiger partial charge on any atom is 0.255 e. The minimum atomic E-state index is -2.61. The highest BCUT2D eigenvalue weighted by Crippen LogP contribution is 2.41. The molecule has 5 N–H and O–H groups in total. The van der Waals surface area contributed by atoms with Gasteiger partial charge in [0.2, 0.25) is 5.95 Å². The predicted octanol–water partition coefficient (Wildman–Crippen LogP) is 2.65. The number of hydrogen-bond acceptors (Lipinski definition) is 9. The lowest BCUT2D eigenvalue weighted by atomic mass is 10.0. The Morgan fingerprint density at radius 1 is 1.25 bits per heavy atom. The van der Waals surface area contributed by atoms with Gasteiger partial charge in [0, 0.05) is 17.4 Å². The van der Waals surface area contributed by atoms with Gasteiger partial charge in [-0.15, -0.1) is 11.3 Å². The van der Waals surface area contributed by atoms with Gasteiger partial charge in [-0.05, 0) is 24.8 Å². The van der Waals surface area contributed by atoms with Crippen molar-refractivity contribution in [2.45, 2.75) is 44.4 Å². The number of nitrogens with zero attached hydrogens (tertiary/aromatic N) is 3. The Morgan fingerprint density at radius 2 is 2.03 bits per heavy atom. The van der Waals surface area contributed by atoms with Gasteiger partial charge in [0.05, 0.1) is 29.9 Å². The van der Waals surface area contributed by atoms with Crippen molar-refractivity contribution in [2.75, 3.05) is 23.8 Å². The number of hydrogen-bond donors (Lipinski definition) is 5. The van der Waals surface area contributed by atoms with Crippen molar-refractivity contribution < 1.29 is 24.1 Å². The molecule has 2 aromatic heterocycles. The summed E-state index contributed by atoms with van der Waals surface area (Å²) < 4.78 is 25.3. The number of halogens is 3. The highest BCUT2D eigenvalue weighted by molar-refractivity contribution is 7.15. The quantitative estimate of drug-likeness (QED) is 0.378. The Labute approximate surface area is 192 Å². The van der Waals surface area contributed by atoms with E-state index in [9.17, 15) is 24.1 Å². The third kappa shape index (κ3) is 4.72. The molecule has 0 radical (unpaired) electrons. The molecule has 2 heterocycles. The second-order valence-corrected chi connectivity index (χ2v) is 9.55. The molecule has 4 rings (SSSR count). The molecule has 0 spiro atoms. The zero-order chi connectivity index (χ0) is 23.0. The molecule has 2 aliphatic rings. The summed E-state index contributed by atoms with van der Waals surface area (Å²) in [4.78, 5) is 14.2. The van der Waals surface area contributed by atoms with E-state index < -0.39 is 37.1 Å². The highest BCUT2D eigenvalue weighted by Gasteiger charge is 2.41. The summed E-state index contributed by atoms with van der Waals surface area (Å²) in [5, 5.41) is 36.1. The van der Waals surface area contributed by atoms with Crippen LogP contribution in [-0.2, 0) is 6.42 Å².